The zero-order valence-electron chi connectivity index (χ0n) is 8.93. The number of ether oxygens (including phenoxy) is 2. The van der Waals surface area contributed by atoms with Crippen LogP contribution < -0.4 is 9.47 Å². The Bertz CT molecular complexity index is 551. The lowest BCUT2D eigenvalue weighted by molar-refractivity contribution is 0.0689. The molecule has 0 heterocycles. The summed E-state index contributed by atoms with van der Waals surface area (Å²) >= 11 is 0. The average Bonchev–Trinajstić information content (AvgIpc) is 2.25. The lowest BCUT2D eigenvalue weighted by Gasteiger charge is -2.11. The Kier molecular flexibility index (Phi) is 3.56. The molecule has 0 unspecified atom stereocenters. The first-order chi connectivity index (χ1) is 7.82. The Morgan fingerprint density at radius 2 is 1.88 bits per heavy atom. The highest BCUT2D eigenvalue weighted by atomic mass is 32.3. The molecule has 1 rings (SSSR count). The second-order valence-corrected chi connectivity index (χ2v) is 4.23. The molecule has 0 bridgehead atoms. The minimum Gasteiger partial charge on any atom is -0.496 e. The quantitative estimate of drug-likeness (QED) is 0.818. The van der Waals surface area contributed by atoms with Gasteiger partial charge in [-0.2, -0.15) is 8.42 Å². The molecule has 0 aromatic heterocycles. The molecule has 0 saturated heterocycles. The number of hydrogen-bond acceptors (Lipinski definition) is 5. The smallest absolute Gasteiger partial charge is 0.343 e. The molecular formula is C9H9FO6S. The van der Waals surface area contributed by atoms with Gasteiger partial charge in [0.2, 0.25) is 0 Å². The fraction of sp³-hybridized carbons (Fsp3) is 0.222. The van der Waals surface area contributed by atoms with Crippen LogP contribution in [0, 0.1) is 0 Å². The monoisotopic (exact) mass is 264 g/mol. The molecule has 0 amide bonds. The summed E-state index contributed by atoms with van der Waals surface area (Å²) in [6.07, 6.45) is 0. The van der Waals surface area contributed by atoms with Crippen molar-refractivity contribution in [2.75, 3.05) is 14.2 Å². The standard InChI is InChI=1S/C9H9FO6S/c1-15-5-3-4-6(17(10,13)14)8(16-2)7(5)9(11)12/h3-4H,1-2H3,(H,11,12). The Labute approximate surface area is 96.8 Å². The van der Waals surface area contributed by atoms with E-state index in [1.165, 1.54) is 7.11 Å². The molecule has 0 saturated carbocycles. The van der Waals surface area contributed by atoms with Crippen molar-refractivity contribution < 1.29 is 31.7 Å². The number of benzene rings is 1. The summed E-state index contributed by atoms with van der Waals surface area (Å²) in [5, 5.41) is 8.92. The Balaban J connectivity index is 3.70. The molecule has 0 atom stereocenters. The number of carboxylic acids is 1. The summed E-state index contributed by atoms with van der Waals surface area (Å²) in [6.45, 7) is 0. The van der Waals surface area contributed by atoms with Crippen LogP contribution in [0.3, 0.4) is 0 Å². The SMILES string of the molecule is COc1ccc(S(=O)(=O)F)c(OC)c1C(=O)O. The molecule has 1 N–H and O–H groups in total. The minimum absolute atomic E-state index is 0.123. The van der Waals surface area contributed by atoms with Crippen LogP contribution in [0.15, 0.2) is 17.0 Å². The normalized spacial score (nSPS) is 11.0. The molecule has 0 aliphatic rings. The number of methoxy groups -OCH3 is 2. The van der Waals surface area contributed by atoms with Gasteiger partial charge in [0.15, 0.2) is 5.75 Å². The number of aromatic carboxylic acids is 1. The summed E-state index contributed by atoms with van der Waals surface area (Å²) in [4.78, 5) is 10.1. The molecule has 17 heavy (non-hydrogen) atoms. The number of rotatable bonds is 4. The first-order valence-electron chi connectivity index (χ1n) is 4.25. The van der Waals surface area contributed by atoms with Gasteiger partial charge in [-0.15, -0.1) is 3.89 Å². The van der Waals surface area contributed by atoms with Gasteiger partial charge >= 0.3 is 16.2 Å². The minimum atomic E-state index is -5.07. The van der Waals surface area contributed by atoms with E-state index >= 15 is 0 Å². The molecule has 0 radical (unpaired) electrons. The van der Waals surface area contributed by atoms with E-state index in [4.69, 9.17) is 9.84 Å². The maximum absolute atomic E-state index is 12.9. The zero-order valence-corrected chi connectivity index (χ0v) is 9.75. The van der Waals surface area contributed by atoms with Crippen LogP contribution in [0.2, 0.25) is 0 Å². The van der Waals surface area contributed by atoms with Crippen LogP contribution in [0.4, 0.5) is 3.89 Å². The molecule has 8 heteroatoms. The Morgan fingerprint density at radius 1 is 1.29 bits per heavy atom. The van der Waals surface area contributed by atoms with E-state index in [9.17, 15) is 17.1 Å². The summed E-state index contributed by atoms with van der Waals surface area (Å²) in [7, 11) is -2.83. The maximum Gasteiger partial charge on any atom is 0.343 e. The van der Waals surface area contributed by atoms with E-state index in [0.29, 0.717) is 0 Å². The largest absolute Gasteiger partial charge is 0.496 e. The Hall–Kier alpha value is -1.83. The highest BCUT2D eigenvalue weighted by Gasteiger charge is 2.27. The van der Waals surface area contributed by atoms with Crippen molar-refractivity contribution in [2.24, 2.45) is 0 Å². The molecule has 1 aromatic carbocycles. The average molecular weight is 264 g/mol. The van der Waals surface area contributed by atoms with E-state index in [0.717, 1.165) is 19.2 Å². The van der Waals surface area contributed by atoms with Gasteiger partial charge in [0, 0.05) is 0 Å². The Morgan fingerprint density at radius 3 is 2.24 bits per heavy atom. The third kappa shape index (κ3) is 2.47. The lowest BCUT2D eigenvalue weighted by atomic mass is 10.2. The van der Waals surface area contributed by atoms with E-state index in [1.54, 1.807) is 0 Å². The van der Waals surface area contributed by atoms with E-state index < -0.39 is 32.4 Å². The molecule has 6 nitrogen and oxygen atoms in total. The number of carboxylic acid groups (broad SMARTS) is 1. The van der Waals surface area contributed by atoms with Gasteiger partial charge in [-0.25, -0.2) is 4.79 Å². The molecule has 0 fully saturated rings. The van der Waals surface area contributed by atoms with Crippen LogP contribution >= 0.6 is 0 Å². The van der Waals surface area contributed by atoms with Gasteiger partial charge < -0.3 is 14.6 Å². The predicted molar refractivity (Wildman–Crippen MR) is 54.8 cm³/mol. The van der Waals surface area contributed by atoms with Gasteiger partial charge in [0.05, 0.1) is 14.2 Å². The van der Waals surface area contributed by atoms with Crippen LogP contribution in [0.1, 0.15) is 10.4 Å². The van der Waals surface area contributed by atoms with Crippen LogP contribution in [-0.4, -0.2) is 33.7 Å². The molecule has 94 valence electrons. The summed E-state index contributed by atoms with van der Waals surface area (Å²) in [6, 6.07) is 1.91. The summed E-state index contributed by atoms with van der Waals surface area (Å²) in [5.74, 6) is -2.20. The van der Waals surface area contributed by atoms with Crippen LogP contribution in [-0.2, 0) is 10.2 Å². The molecule has 0 spiro atoms. The third-order valence-corrected chi connectivity index (χ3v) is 2.83. The third-order valence-electron chi connectivity index (χ3n) is 1.98. The number of halogens is 1. The van der Waals surface area contributed by atoms with Crippen molar-refractivity contribution in [1.82, 2.24) is 0 Å². The first kappa shape index (κ1) is 13.2. The topological polar surface area (TPSA) is 89.9 Å². The summed E-state index contributed by atoms with van der Waals surface area (Å²) < 4.78 is 43.9. The van der Waals surface area contributed by atoms with Gasteiger partial charge in [0.25, 0.3) is 0 Å². The second kappa shape index (κ2) is 4.58. The lowest BCUT2D eigenvalue weighted by Crippen LogP contribution is -2.07. The molecule has 1 aromatic rings. The highest BCUT2D eigenvalue weighted by Crippen LogP contribution is 2.35. The van der Waals surface area contributed by atoms with Gasteiger partial charge in [-0.1, -0.05) is 0 Å². The fourth-order valence-electron chi connectivity index (χ4n) is 1.31. The van der Waals surface area contributed by atoms with Crippen molar-refractivity contribution in [2.45, 2.75) is 4.90 Å². The zero-order chi connectivity index (χ0) is 13.2. The predicted octanol–water partition coefficient (Wildman–Crippen LogP) is 1.06. The van der Waals surface area contributed by atoms with Crippen molar-refractivity contribution >= 4 is 16.2 Å². The van der Waals surface area contributed by atoms with E-state index in [1.807, 2.05) is 0 Å². The fourth-order valence-corrected chi connectivity index (χ4v) is 1.95. The summed E-state index contributed by atoms with van der Waals surface area (Å²) in [5.41, 5.74) is -0.547. The second-order valence-electron chi connectivity index (χ2n) is 2.92. The number of carbonyl (C=O) groups is 1. The van der Waals surface area contributed by atoms with Crippen LogP contribution in [0.5, 0.6) is 11.5 Å². The van der Waals surface area contributed by atoms with Crippen molar-refractivity contribution in [3.05, 3.63) is 17.7 Å². The van der Waals surface area contributed by atoms with E-state index in [2.05, 4.69) is 4.74 Å². The van der Waals surface area contributed by atoms with Crippen molar-refractivity contribution in [1.29, 1.82) is 0 Å². The van der Waals surface area contributed by atoms with E-state index in [-0.39, 0.29) is 5.75 Å². The van der Waals surface area contributed by atoms with Gasteiger partial charge in [-0.05, 0) is 12.1 Å². The number of hydrogen-bond donors (Lipinski definition) is 1. The van der Waals surface area contributed by atoms with Crippen LogP contribution in [0.25, 0.3) is 0 Å². The molecular weight excluding hydrogens is 255 g/mol. The highest BCUT2D eigenvalue weighted by molar-refractivity contribution is 7.86. The molecule has 0 aliphatic heterocycles. The first-order valence-corrected chi connectivity index (χ1v) is 5.64. The van der Waals surface area contributed by atoms with Gasteiger partial charge in [0.1, 0.15) is 16.2 Å². The van der Waals surface area contributed by atoms with Crippen molar-refractivity contribution in [3.63, 3.8) is 0 Å². The molecule has 0 aliphatic carbocycles. The van der Waals surface area contributed by atoms with Gasteiger partial charge in [-0.3, -0.25) is 0 Å². The van der Waals surface area contributed by atoms with Crippen molar-refractivity contribution in [3.8, 4) is 11.5 Å². The maximum atomic E-state index is 12.9.